The summed E-state index contributed by atoms with van der Waals surface area (Å²) in [5.41, 5.74) is 0. The fraction of sp³-hybridized carbons (Fsp3) is 0.750. The molecular weight excluding hydrogens is 206 g/mol. The Morgan fingerprint density at radius 3 is 2.35 bits per heavy atom. The molecule has 1 saturated carbocycles. The minimum atomic E-state index is 0.845. The molecule has 0 amide bonds. The molecular formula is C16H27N. The van der Waals surface area contributed by atoms with Crippen LogP contribution >= 0.6 is 0 Å². The van der Waals surface area contributed by atoms with Crippen LogP contribution in [0.25, 0.3) is 0 Å². The Morgan fingerprint density at radius 2 is 1.71 bits per heavy atom. The van der Waals surface area contributed by atoms with E-state index in [4.69, 9.17) is 0 Å². The molecule has 2 fully saturated rings. The lowest BCUT2D eigenvalue weighted by Gasteiger charge is -2.28. The van der Waals surface area contributed by atoms with Crippen molar-refractivity contribution in [2.24, 2.45) is 11.8 Å². The molecule has 1 heteroatoms. The third-order valence-corrected chi connectivity index (χ3v) is 4.35. The highest BCUT2D eigenvalue weighted by Crippen LogP contribution is 2.31. The molecule has 1 heterocycles. The average Bonchev–Trinajstić information content (AvgIpc) is 2.40. The van der Waals surface area contributed by atoms with Gasteiger partial charge in [0.15, 0.2) is 0 Å². The maximum absolute atomic E-state index is 3.85. The van der Waals surface area contributed by atoms with Gasteiger partial charge in [-0.25, -0.2) is 0 Å². The van der Waals surface area contributed by atoms with Crippen LogP contribution in [0.4, 0.5) is 0 Å². The standard InChI is InChI=1S/C16H27N/c1-2-6-15-7-9-16(10-8-15)11-14-17-12-4-3-5-13-17/h2,11,14-16H,1,3-10,12-13H2/t15-,16-. The van der Waals surface area contributed by atoms with E-state index >= 15 is 0 Å². The predicted octanol–water partition coefficient (Wildman–Crippen LogP) is 4.37. The van der Waals surface area contributed by atoms with Gasteiger partial charge in [0.25, 0.3) is 0 Å². The van der Waals surface area contributed by atoms with E-state index in [1.54, 1.807) is 0 Å². The van der Waals surface area contributed by atoms with Crippen molar-refractivity contribution in [1.82, 2.24) is 4.90 Å². The zero-order chi connectivity index (χ0) is 11.9. The molecule has 0 radical (unpaired) electrons. The van der Waals surface area contributed by atoms with Crippen LogP contribution in [0, 0.1) is 11.8 Å². The zero-order valence-electron chi connectivity index (χ0n) is 11.1. The minimum Gasteiger partial charge on any atom is -0.378 e. The molecule has 17 heavy (non-hydrogen) atoms. The molecule has 1 saturated heterocycles. The number of hydrogen-bond acceptors (Lipinski definition) is 1. The summed E-state index contributed by atoms with van der Waals surface area (Å²) in [5, 5.41) is 0. The number of piperidine rings is 1. The third kappa shape index (κ3) is 4.22. The van der Waals surface area contributed by atoms with Crippen LogP contribution in [-0.4, -0.2) is 18.0 Å². The molecule has 2 aliphatic rings. The molecule has 0 aromatic carbocycles. The number of hydrogen-bond donors (Lipinski definition) is 0. The van der Waals surface area contributed by atoms with Crippen molar-refractivity contribution < 1.29 is 0 Å². The van der Waals surface area contributed by atoms with Crippen molar-refractivity contribution in [3.63, 3.8) is 0 Å². The highest BCUT2D eigenvalue weighted by atomic mass is 15.1. The van der Waals surface area contributed by atoms with Crippen molar-refractivity contribution in [2.75, 3.05) is 13.1 Å². The van der Waals surface area contributed by atoms with E-state index in [0.29, 0.717) is 0 Å². The van der Waals surface area contributed by atoms with E-state index in [2.05, 4.69) is 29.8 Å². The summed E-state index contributed by atoms with van der Waals surface area (Å²) < 4.78 is 0. The van der Waals surface area contributed by atoms with E-state index in [1.807, 2.05) is 0 Å². The number of allylic oxidation sites excluding steroid dienone is 2. The smallest absolute Gasteiger partial charge is 0.0172 e. The third-order valence-electron chi connectivity index (χ3n) is 4.35. The SMILES string of the molecule is C=CC[C@H]1CC[C@H](C=CN2CCCCC2)CC1. The summed E-state index contributed by atoms with van der Waals surface area (Å²) in [5.74, 6) is 1.77. The topological polar surface area (TPSA) is 3.24 Å². The molecule has 1 aliphatic carbocycles. The normalized spacial score (nSPS) is 30.7. The van der Waals surface area contributed by atoms with Crippen LogP contribution in [0.15, 0.2) is 24.9 Å². The van der Waals surface area contributed by atoms with Crippen LogP contribution in [0.2, 0.25) is 0 Å². The first-order chi connectivity index (χ1) is 8.38. The second-order valence-corrected chi connectivity index (χ2v) is 5.74. The predicted molar refractivity (Wildman–Crippen MR) is 74.8 cm³/mol. The van der Waals surface area contributed by atoms with Crippen molar-refractivity contribution in [3.8, 4) is 0 Å². The molecule has 0 aromatic rings. The highest BCUT2D eigenvalue weighted by Gasteiger charge is 2.18. The maximum Gasteiger partial charge on any atom is 0.0172 e. The first-order valence-electron chi connectivity index (χ1n) is 7.42. The number of nitrogens with zero attached hydrogens (tertiary/aromatic N) is 1. The van der Waals surface area contributed by atoms with Crippen molar-refractivity contribution in [2.45, 2.75) is 51.4 Å². The monoisotopic (exact) mass is 233 g/mol. The van der Waals surface area contributed by atoms with Crippen LogP contribution in [0.5, 0.6) is 0 Å². The Labute approximate surface area is 107 Å². The molecule has 0 atom stereocenters. The van der Waals surface area contributed by atoms with E-state index in [-0.39, 0.29) is 0 Å². The molecule has 2 rings (SSSR count). The summed E-state index contributed by atoms with van der Waals surface area (Å²) in [6.07, 6.45) is 18.0. The van der Waals surface area contributed by atoms with Crippen molar-refractivity contribution >= 4 is 0 Å². The quantitative estimate of drug-likeness (QED) is 0.652. The average molecular weight is 233 g/mol. The van der Waals surface area contributed by atoms with Crippen molar-refractivity contribution in [3.05, 3.63) is 24.9 Å². The van der Waals surface area contributed by atoms with Gasteiger partial charge in [-0.15, -0.1) is 6.58 Å². The molecule has 1 aliphatic heterocycles. The molecule has 0 spiro atoms. The highest BCUT2D eigenvalue weighted by molar-refractivity contribution is 4.92. The Bertz CT molecular complexity index is 242. The van der Waals surface area contributed by atoms with Crippen molar-refractivity contribution in [1.29, 1.82) is 0 Å². The largest absolute Gasteiger partial charge is 0.378 e. The van der Waals surface area contributed by atoms with E-state index < -0.39 is 0 Å². The molecule has 0 bridgehead atoms. The lowest BCUT2D eigenvalue weighted by atomic mass is 9.80. The first-order valence-corrected chi connectivity index (χ1v) is 7.42. The molecule has 0 N–H and O–H groups in total. The first kappa shape index (κ1) is 12.7. The number of likely N-dealkylation sites (tertiary alicyclic amines) is 1. The summed E-state index contributed by atoms with van der Waals surface area (Å²) in [7, 11) is 0. The zero-order valence-corrected chi connectivity index (χ0v) is 11.1. The van der Waals surface area contributed by atoms with Crippen LogP contribution in [0.1, 0.15) is 51.4 Å². The lowest BCUT2D eigenvalue weighted by molar-refractivity contribution is 0.293. The summed E-state index contributed by atoms with van der Waals surface area (Å²) in [6.45, 7) is 6.41. The van der Waals surface area contributed by atoms with Crippen LogP contribution in [0.3, 0.4) is 0 Å². The number of rotatable bonds is 4. The lowest BCUT2D eigenvalue weighted by Crippen LogP contribution is -2.24. The fourth-order valence-corrected chi connectivity index (χ4v) is 3.16. The molecule has 0 aromatic heterocycles. The Balaban J connectivity index is 1.69. The van der Waals surface area contributed by atoms with E-state index in [1.165, 1.54) is 64.5 Å². The summed E-state index contributed by atoms with van der Waals surface area (Å²) in [4.78, 5) is 2.51. The Morgan fingerprint density at radius 1 is 1.00 bits per heavy atom. The molecule has 96 valence electrons. The Kier molecular flexibility index (Phi) is 5.15. The van der Waals surface area contributed by atoms with Crippen LogP contribution < -0.4 is 0 Å². The van der Waals surface area contributed by atoms with Gasteiger partial charge in [-0.2, -0.15) is 0 Å². The Hall–Kier alpha value is -0.720. The van der Waals surface area contributed by atoms with E-state index in [9.17, 15) is 0 Å². The summed E-state index contributed by atoms with van der Waals surface area (Å²) in [6, 6.07) is 0. The maximum atomic E-state index is 3.85. The van der Waals surface area contributed by atoms with Gasteiger partial charge < -0.3 is 4.90 Å². The van der Waals surface area contributed by atoms with Gasteiger partial charge in [-0.1, -0.05) is 12.2 Å². The minimum absolute atomic E-state index is 0.845. The second kappa shape index (κ2) is 6.88. The van der Waals surface area contributed by atoms with E-state index in [0.717, 1.165) is 11.8 Å². The fourth-order valence-electron chi connectivity index (χ4n) is 3.16. The molecule has 0 unspecified atom stereocenters. The van der Waals surface area contributed by atoms with Gasteiger partial charge in [0.2, 0.25) is 0 Å². The van der Waals surface area contributed by atoms with Crippen LogP contribution in [-0.2, 0) is 0 Å². The van der Waals surface area contributed by atoms with Gasteiger partial charge in [-0.3, -0.25) is 0 Å². The van der Waals surface area contributed by atoms with Gasteiger partial charge in [0.05, 0.1) is 0 Å². The van der Waals surface area contributed by atoms with Gasteiger partial charge in [0, 0.05) is 13.1 Å². The van der Waals surface area contributed by atoms with Gasteiger partial charge in [-0.05, 0) is 69.4 Å². The summed E-state index contributed by atoms with van der Waals surface area (Å²) >= 11 is 0. The van der Waals surface area contributed by atoms with Gasteiger partial charge >= 0.3 is 0 Å². The van der Waals surface area contributed by atoms with Gasteiger partial charge in [0.1, 0.15) is 0 Å². The second-order valence-electron chi connectivity index (χ2n) is 5.74. The molecule has 1 nitrogen and oxygen atoms in total.